The fourth-order valence-corrected chi connectivity index (χ4v) is 9.00. The van der Waals surface area contributed by atoms with Crippen molar-refractivity contribution in [2.24, 2.45) is 0 Å². The monoisotopic (exact) mass is 1090 g/mol. The lowest BCUT2D eigenvalue weighted by Crippen LogP contribution is -2.37. The third-order valence-corrected chi connectivity index (χ3v) is 14.0. The number of phosphoric ester groups is 1. The van der Waals surface area contributed by atoms with E-state index < -0.39 is 26.5 Å². The smallest absolute Gasteiger partial charge is 0.462 e. The summed E-state index contributed by atoms with van der Waals surface area (Å²) in [6, 6.07) is 0. The predicted molar refractivity (Wildman–Crippen MR) is 330 cm³/mol. The number of rotatable bonds is 56. The van der Waals surface area contributed by atoms with E-state index in [4.69, 9.17) is 18.5 Å². The van der Waals surface area contributed by atoms with Gasteiger partial charge in [0.05, 0.1) is 27.7 Å². The Labute approximate surface area is 474 Å². The second-order valence-electron chi connectivity index (χ2n) is 21.7. The van der Waals surface area contributed by atoms with Gasteiger partial charge >= 0.3 is 19.8 Å². The van der Waals surface area contributed by atoms with Gasteiger partial charge in [-0.25, -0.2) is 4.57 Å². The maximum absolute atomic E-state index is 12.8. The van der Waals surface area contributed by atoms with Crippen molar-refractivity contribution in [2.45, 2.75) is 258 Å². The van der Waals surface area contributed by atoms with Crippen LogP contribution in [0, 0.1) is 0 Å². The Bertz CT molecular complexity index is 1670. The number of ether oxygens (including phenoxy) is 2. The van der Waals surface area contributed by atoms with Crippen molar-refractivity contribution in [3.8, 4) is 0 Å². The quantitative estimate of drug-likeness (QED) is 0.0211. The highest BCUT2D eigenvalue weighted by Gasteiger charge is 2.27. The number of hydrogen-bond acceptors (Lipinski definition) is 7. The van der Waals surface area contributed by atoms with Gasteiger partial charge in [0, 0.05) is 12.8 Å². The van der Waals surface area contributed by atoms with E-state index >= 15 is 0 Å². The van der Waals surface area contributed by atoms with Crippen molar-refractivity contribution in [3.05, 3.63) is 109 Å². The maximum atomic E-state index is 12.8. The standard InChI is InChI=1S/C67H116NO8P/c1-6-8-10-12-14-16-18-20-22-23-24-25-26-27-28-29-30-31-32-33-34-35-36-37-38-39-40-41-42-43-44-45-46-48-50-52-54-56-58-60-67(70)76-65(64-75-77(71,72)74-62-61-68(3,4)5)63-73-66(69)59-57-55-53-51-49-47-21-19-17-15-13-11-9-7-2/h8,10,14,16,19-22,24-25,27-28,30-31,33-34,36-37,65H,6-7,9,11-13,15,17-18,23,26,29,32,35,38-64H2,1-5H3/p+1/b10-8-,16-14-,21-19-,22-20-,25-24-,28-27-,31-30-,34-33-,37-36-. The molecule has 0 fully saturated rings. The molecule has 0 bridgehead atoms. The Balaban J connectivity index is 4.03. The van der Waals surface area contributed by atoms with Crippen LogP contribution in [0.25, 0.3) is 0 Å². The molecule has 0 aliphatic carbocycles. The fraction of sp³-hybridized carbons (Fsp3) is 0.701. The largest absolute Gasteiger partial charge is 0.472 e. The SMILES string of the molecule is CC/C=C\C/C=C\C/C=C\C/C=C\C/C=C\C/C=C\C/C=C\C/C=C\CCCCCCCCCCCCCCCCC(=O)OC(COC(=O)CCCCCCC/C=C\CCCCCCC)COP(=O)(O)OCC[N+](C)(C)C. The molecular formula is C67H117NO8P+. The lowest BCUT2D eigenvalue weighted by Gasteiger charge is -2.24. The van der Waals surface area contributed by atoms with Crippen LogP contribution in [0.5, 0.6) is 0 Å². The number of nitrogens with zero attached hydrogens (tertiary/aromatic N) is 1. The summed E-state index contributed by atoms with van der Waals surface area (Å²) in [5.74, 6) is -0.808. The molecule has 0 spiro atoms. The Hall–Kier alpha value is -3.33. The summed E-state index contributed by atoms with van der Waals surface area (Å²) in [7, 11) is 1.47. The van der Waals surface area contributed by atoms with Gasteiger partial charge in [0.2, 0.25) is 0 Å². The third kappa shape index (κ3) is 61.7. The molecule has 9 nitrogen and oxygen atoms in total. The van der Waals surface area contributed by atoms with Crippen molar-refractivity contribution >= 4 is 19.8 Å². The molecule has 0 radical (unpaired) electrons. The number of unbranched alkanes of at least 4 members (excludes halogenated alkanes) is 24. The minimum Gasteiger partial charge on any atom is -0.462 e. The number of carbonyl (C=O) groups excluding carboxylic acids is 2. The van der Waals surface area contributed by atoms with Crippen molar-refractivity contribution < 1.29 is 42.1 Å². The van der Waals surface area contributed by atoms with Crippen LogP contribution in [0.2, 0.25) is 0 Å². The zero-order valence-electron chi connectivity index (χ0n) is 50.2. The fourth-order valence-electron chi connectivity index (χ4n) is 8.26. The number of quaternary nitrogens is 1. The predicted octanol–water partition coefficient (Wildman–Crippen LogP) is 19.8. The van der Waals surface area contributed by atoms with Gasteiger partial charge in [0.15, 0.2) is 6.10 Å². The first-order chi connectivity index (χ1) is 37.5. The topological polar surface area (TPSA) is 108 Å². The molecule has 0 aromatic rings. The van der Waals surface area contributed by atoms with Gasteiger partial charge in [-0.2, -0.15) is 0 Å². The molecule has 0 aliphatic rings. The molecule has 2 atom stereocenters. The molecule has 0 saturated carbocycles. The first-order valence-electron chi connectivity index (χ1n) is 31.1. The lowest BCUT2D eigenvalue weighted by molar-refractivity contribution is -0.870. The highest BCUT2D eigenvalue weighted by Crippen LogP contribution is 2.43. The zero-order chi connectivity index (χ0) is 56.3. The van der Waals surface area contributed by atoms with E-state index in [-0.39, 0.29) is 32.0 Å². The number of likely N-dealkylation sites (N-methyl/N-ethyl adjacent to an activating group) is 1. The van der Waals surface area contributed by atoms with E-state index in [1.807, 2.05) is 21.1 Å². The van der Waals surface area contributed by atoms with Crippen molar-refractivity contribution in [1.29, 1.82) is 0 Å². The summed E-state index contributed by atoms with van der Waals surface area (Å²) in [4.78, 5) is 35.7. The van der Waals surface area contributed by atoms with Crippen LogP contribution >= 0.6 is 7.82 Å². The van der Waals surface area contributed by atoms with Crippen molar-refractivity contribution in [3.63, 3.8) is 0 Å². The van der Waals surface area contributed by atoms with Crippen molar-refractivity contribution in [2.75, 3.05) is 47.5 Å². The molecular weight excluding hydrogens is 978 g/mol. The summed E-state index contributed by atoms with van der Waals surface area (Å²) in [5, 5.41) is 0. The lowest BCUT2D eigenvalue weighted by atomic mass is 10.0. The van der Waals surface area contributed by atoms with Crippen LogP contribution < -0.4 is 0 Å². The molecule has 0 saturated heterocycles. The van der Waals surface area contributed by atoms with Crippen LogP contribution in [0.15, 0.2) is 109 Å². The third-order valence-electron chi connectivity index (χ3n) is 13.0. The van der Waals surface area contributed by atoms with Gasteiger partial charge in [0.25, 0.3) is 0 Å². The van der Waals surface area contributed by atoms with E-state index in [2.05, 4.69) is 123 Å². The van der Waals surface area contributed by atoms with Gasteiger partial charge in [-0.05, 0) is 103 Å². The molecule has 2 unspecified atom stereocenters. The highest BCUT2D eigenvalue weighted by atomic mass is 31.2. The van der Waals surface area contributed by atoms with E-state index in [0.29, 0.717) is 17.4 Å². The minimum absolute atomic E-state index is 0.0272. The Kier molecular flexibility index (Phi) is 54.9. The normalized spacial score (nSPS) is 14.0. The number of carbonyl (C=O) groups is 2. The molecule has 0 amide bonds. The van der Waals surface area contributed by atoms with Crippen LogP contribution in [0.1, 0.15) is 251 Å². The molecule has 0 heterocycles. The Morgan fingerprint density at radius 2 is 0.740 bits per heavy atom. The number of phosphoric acid groups is 1. The average molecular weight is 1100 g/mol. The summed E-state index contributed by atoms with van der Waals surface area (Å²) in [6.45, 7) is 4.30. The maximum Gasteiger partial charge on any atom is 0.472 e. The Morgan fingerprint density at radius 3 is 1.12 bits per heavy atom. The van der Waals surface area contributed by atoms with E-state index in [9.17, 15) is 19.0 Å². The van der Waals surface area contributed by atoms with Gasteiger partial charge in [-0.15, -0.1) is 0 Å². The zero-order valence-corrected chi connectivity index (χ0v) is 51.1. The van der Waals surface area contributed by atoms with E-state index in [1.54, 1.807) is 0 Å². The second-order valence-corrected chi connectivity index (χ2v) is 23.2. The minimum atomic E-state index is -4.39. The number of hydrogen-bond donors (Lipinski definition) is 1. The van der Waals surface area contributed by atoms with Gasteiger partial charge in [-0.1, -0.05) is 245 Å². The summed E-state index contributed by atoms with van der Waals surface area (Å²) >= 11 is 0. The van der Waals surface area contributed by atoms with Crippen LogP contribution in [-0.4, -0.2) is 74.9 Å². The van der Waals surface area contributed by atoms with Crippen LogP contribution in [0.3, 0.4) is 0 Å². The number of allylic oxidation sites excluding steroid dienone is 18. The van der Waals surface area contributed by atoms with Gasteiger partial charge < -0.3 is 18.9 Å². The molecule has 0 aromatic heterocycles. The molecule has 0 rings (SSSR count). The summed E-state index contributed by atoms with van der Waals surface area (Å²) in [6.07, 6.45) is 80.3. The summed E-state index contributed by atoms with van der Waals surface area (Å²) < 4.78 is 34.5. The van der Waals surface area contributed by atoms with Crippen LogP contribution in [0.4, 0.5) is 0 Å². The first kappa shape index (κ1) is 73.7. The van der Waals surface area contributed by atoms with E-state index in [0.717, 1.165) is 109 Å². The first-order valence-corrected chi connectivity index (χ1v) is 32.6. The molecule has 442 valence electrons. The molecule has 1 N–H and O–H groups in total. The molecule has 10 heteroatoms. The van der Waals surface area contributed by atoms with Crippen LogP contribution in [-0.2, 0) is 32.7 Å². The summed E-state index contributed by atoms with van der Waals surface area (Å²) in [5.41, 5.74) is 0. The van der Waals surface area contributed by atoms with Gasteiger partial charge in [-0.3, -0.25) is 18.6 Å². The van der Waals surface area contributed by atoms with E-state index in [1.165, 1.54) is 109 Å². The molecule has 0 aliphatic heterocycles. The Morgan fingerprint density at radius 1 is 0.416 bits per heavy atom. The molecule has 0 aromatic carbocycles. The average Bonchev–Trinajstić information content (AvgIpc) is 3.39. The molecule has 77 heavy (non-hydrogen) atoms. The highest BCUT2D eigenvalue weighted by molar-refractivity contribution is 7.47. The van der Waals surface area contributed by atoms with Crippen molar-refractivity contribution in [1.82, 2.24) is 0 Å². The second kappa shape index (κ2) is 57.4. The number of esters is 2. The van der Waals surface area contributed by atoms with Gasteiger partial charge in [0.1, 0.15) is 19.8 Å².